The lowest BCUT2D eigenvalue weighted by Gasteiger charge is -2.18. The van der Waals surface area contributed by atoms with Crippen LogP contribution < -0.4 is 10.5 Å². The van der Waals surface area contributed by atoms with Crippen molar-refractivity contribution in [3.8, 4) is 5.75 Å². The summed E-state index contributed by atoms with van der Waals surface area (Å²) >= 11 is 1.60. The summed E-state index contributed by atoms with van der Waals surface area (Å²) in [4.78, 5) is 8.99. The number of rotatable bonds is 2. The van der Waals surface area contributed by atoms with Crippen LogP contribution in [0.2, 0.25) is 0 Å². The molecule has 0 fully saturated rings. The monoisotopic (exact) mass is 295 g/mol. The molecule has 1 aliphatic rings. The number of benzene rings is 2. The van der Waals surface area contributed by atoms with Crippen LogP contribution in [0.5, 0.6) is 5.75 Å². The quantitative estimate of drug-likeness (QED) is 0.760. The molecule has 1 unspecified atom stereocenters. The van der Waals surface area contributed by atoms with Crippen LogP contribution in [0.4, 0.5) is 0 Å². The Morgan fingerprint density at radius 2 is 2.10 bits per heavy atom. The zero-order valence-corrected chi connectivity index (χ0v) is 11.9. The van der Waals surface area contributed by atoms with Crippen LogP contribution in [0, 0.1) is 0 Å². The van der Waals surface area contributed by atoms with E-state index in [4.69, 9.17) is 10.5 Å². The van der Waals surface area contributed by atoms with Crippen molar-refractivity contribution in [2.75, 3.05) is 0 Å². The van der Waals surface area contributed by atoms with Crippen LogP contribution in [0.25, 0.3) is 17.1 Å². The minimum Gasteiger partial charge on any atom is -0.471 e. The Hall–Kier alpha value is -2.24. The normalized spacial score (nSPS) is 16.7. The van der Waals surface area contributed by atoms with Crippen LogP contribution in [0.3, 0.4) is 0 Å². The molecule has 5 heteroatoms. The largest absolute Gasteiger partial charge is 0.471 e. The Labute approximate surface area is 126 Å². The number of H-pyrrole nitrogens is 1. The Bertz CT molecular complexity index is 807. The molecule has 2 aromatic carbocycles. The van der Waals surface area contributed by atoms with Crippen molar-refractivity contribution < 1.29 is 4.74 Å². The summed E-state index contributed by atoms with van der Waals surface area (Å²) in [6, 6.07) is 14.1. The molecule has 3 N–H and O–H groups in total. The number of imidazole rings is 1. The Balaban J connectivity index is 1.64. The van der Waals surface area contributed by atoms with Gasteiger partial charge in [0.25, 0.3) is 0 Å². The number of aromatic nitrogens is 2. The summed E-state index contributed by atoms with van der Waals surface area (Å²) in [5.74, 6) is 0.818. The van der Waals surface area contributed by atoms with Gasteiger partial charge in [0.05, 0.1) is 11.0 Å². The molecule has 1 aromatic heterocycles. The predicted octanol–water partition coefficient (Wildman–Crippen LogP) is 3.40. The summed E-state index contributed by atoms with van der Waals surface area (Å²) in [5.41, 5.74) is 8.79. The maximum absolute atomic E-state index is 5.73. The molecule has 1 atom stereocenters. The molecule has 4 rings (SSSR count). The topological polar surface area (TPSA) is 63.9 Å². The lowest BCUT2D eigenvalue weighted by molar-refractivity contribution is 0.254. The Kier molecular flexibility index (Phi) is 2.94. The molecule has 21 heavy (non-hydrogen) atoms. The van der Waals surface area contributed by atoms with Gasteiger partial charge in [-0.2, -0.15) is 0 Å². The number of ether oxygens (including phenoxy) is 1. The first-order valence-corrected chi connectivity index (χ1v) is 7.47. The van der Waals surface area contributed by atoms with E-state index in [0.717, 1.165) is 32.4 Å². The van der Waals surface area contributed by atoms with Crippen LogP contribution >= 0.6 is 11.8 Å². The molecule has 0 radical (unpaired) electrons. The van der Waals surface area contributed by atoms with E-state index in [-0.39, 0.29) is 6.23 Å². The summed E-state index contributed by atoms with van der Waals surface area (Å²) < 4.78 is 5.54. The predicted molar refractivity (Wildman–Crippen MR) is 84.3 cm³/mol. The number of hydrogen-bond acceptors (Lipinski definition) is 4. The van der Waals surface area contributed by atoms with Crippen LogP contribution in [-0.2, 0) is 0 Å². The van der Waals surface area contributed by atoms with Gasteiger partial charge in [-0.05, 0) is 36.4 Å². The summed E-state index contributed by atoms with van der Waals surface area (Å²) in [5, 5.41) is 0.883. The highest BCUT2D eigenvalue weighted by atomic mass is 32.2. The average Bonchev–Trinajstić information content (AvgIpc) is 2.89. The summed E-state index contributed by atoms with van der Waals surface area (Å²) in [7, 11) is 0. The van der Waals surface area contributed by atoms with Gasteiger partial charge in [0.15, 0.2) is 11.4 Å². The molecule has 4 nitrogen and oxygen atoms in total. The third-order valence-electron chi connectivity index (χ3n) is 3.29. The highest BCUT2D eigenvalue weighted by molar-refractivity contribution is 7.99. The maximum atomic E-state index is 5.73. The zero-order valence-electron chi connectivity index (χ0n) is 11.1. The van der Waals surface area contributed by atoms with Gasteiger partial charge in [0.2, 0.25) is 0 Å². The molecule has 0 bridgehead atoms. The van der Waals surface area contributed by atoms with Crippen molar-refractivity contribution in [1.29, 1.82) is 0 Å². The number of hydrogen-bond donors (Lipinski definition) is 2. The lowest BCUT2D eigenvalue weighted by Crippen LogP contribution is -2.26. The number of para-hydroxylation sites is 2. The second-order valence-electron chi connectivity index (χ2n) is 4.80. The van der Waals surface area contributed by atoms with Crippen molar-refractivity contribution in [2.24, 2.45) is 5.73 Å². The van der Waals surface area contributed by atoms with Crippen molar-refractivity contribution in [3.63, 3.8) is 0 Å². The lowest BCUT2D eigenvalue weighted by atomic mass is 10.1. The summed E-state index contributed by atoms with van der Waals surface area (Å²) in [6.07, 6.45) is 3.48. The molecule has 0 saturated heterocycles. The molecule has 0 aliphatic carbocycles. The Morgan fingerprint density at radius 1 is 1.19 bits per heavy atom. The molecule has 0 saturated carbocycles. The van der Waals surface area contributed by atoms with Crippen molar-refractivity contribution in [1.82, 2.24) is 9.97 Å². The zero-order chi connectivity index (χ0) is 14.2. The fraction of sp³-hybridized carbons (Fsp3) is 0.0625. The number of aromatic amines is 1. The van der Waals surface area contributed by atoms with E-state index in [1.807, 2.05) is 48.6 Å². The van der Waals surface area contributed by atoms with E-state index in [0.29, 0.717) is 0 Å². The van der Waals surface area contributed by atoms with Crippen molar-refractivity contribution in [2.45, 2.75) is 16.3 Å². The standard InChI is InChI=1S/C16H13N3OS/c17-15-8-5-10-9-11(6-7-14(10)20-15)21-16-18-12-3-1-2-4-13(12)19-16/h1-9,15H,17H2,(H,18,19). The van der Waals surface area contributed by atoms with E-state index in [2.05, 4.69) is 16.0 Å². The number of nitrogens with zero attached hydrogens (tertiary/aromatic N) is 1. The Morgan fingerprint density at radius 3 is 3.00 bits per heavy atom. The van der Waals surface area contributed by atoms with Gasteiger partial charge in [-0.15, -0.1) is 0 Å². The third kappa shape index (κ3) is 2.41. The second kappa shape index (κ2) is 4.95. The number of nitrogens with two attached hydrogens (primary N) is 1. The number of nitrogens with one attached hydrogen (secondary N) is 1. The molecular weight excluding hydrogens is 282 g/mol. The first-order valence-electron chi connectivity index (χ1n) is 6.65. The summed E-state index contributed by atoms with van der Waals surface area (Å²) in [6.45, 7) is 0. The highest BCUT2D eigenvalue weighted by Gasteiger charge is 2.12. The minimum atomic E-state index is -0.355. The van der Waals surface area contributed by atoms with E-state index in [1.54, 1.807) is 11.8 Å². The molecule has 1 aliphatic heterocycles. The van der Waals surface area contributed by atoms with Gasteiger partial charge in [-0.1, -0.05) is 30.0 Å². The first kappa shape index (κ1) is 12.5. The van der Waals surface area contributed by atoms with Gasteiger partial charge in [0, 0.05) is 10.5 Å². The minimum absolute atomic E-state index is 0.355. The smallest absolute Gasteiger partial charge is 0.171 e. The van der Waals surface area contributed by atoms with E-state index in [9.17, 15) is 0 Å². The van der Waals surface area contributed by atoms with E-state index < -0.39 is 0 Å². The maximum Gasteiger partial charge on any atom is 0.171 e. The number of fused-ring (bicyclic) bond motifs is 2. The highest BCUT2D eigenvalue weighted by Crippen LogP contribution is 2.33. The second-order valence-corrected chi connectivity index (χ2v) is 5.86. The fourth-order valence-corrected chi connectivity index (χ4v) is 3.15. The fourth-order valence-electron chi connectivity index (χ4n) is 2.30. The molecule has 0 amide bonds. The van der Waals surface area contributed by atoms with Crippen molar-refractivity contribution >= 4 is 28.9 Å². The van der Waals surface area contributed by atoms with Crippen molar-refractivity contribution in [3.05, 3.63) is 54.1 Å². The third-order valence-corrected chi connectivity index (χ3v) is 4.17. The van der Waals surface area contributed by atoms with E-state index in [1.165, 1.54) is 0 Å². The molecule has 3 aromatic rings. The van der Waals surface area contributed by atoms with Gasteiger partial charge in [-0.3, -0.25) is 5.73 Å². The van der Waals surface area contributed by atoms with Gasteiger partial charge in [-0.25, -0.2) is 4.98 Å². The van der Waals surface area contributed by atoms with E-state index >= 15 is 0 Å². The van der Waals surface area contributed by atoms with Gasteiger partial charge >= 0.3 is 0 Å². The van der Waals surface area contributed by atoms with Crippen LogP contribution in [0.1, 0.15) is 5.56 Å². The first-order chi connectivity index (χ1) is 10.3. The van der Waals surface area contributed by atoms with Crippen LogP contribution in [0.15, 0.2) is 58.6 Å². The average molecular weight is 295 g/mol. The molecule has 104 valence electrons. The molecule has 0 spiro atoms. The SMILES string of the molecule is NC1C=Cc2cc(Sc3nc4ccccc4[nH]3)ccc2O1. The molecular formula is C16H13N3OS. The van der Waals surface area contributed by atoms with Gasteiger partial charge < -0.3 is 9.72 Å². The van der Waals surface area contributed by atoms with Crippen LogP contribution in [-0.4, -0.2) is 16.2 Å². The molecule has 2 heterocycles. The van der Waals surface area contributed by atoms with Gasteiger partial charge in [0.1, 0.15) is 5.75 Å².